The number of nitrogens with one attached hydrogen (secondary N) is 1. The summed E-state index contributed by atoms with van der Waals surface area (Å²) in [4.78, 5) is 22.7. The van der Waals surface area contributed by atoms with E-state index in [1.165, 1.54) is 11.3 Å². The maximum absolute atomic E-state index is 12.5. The number of amides is 1. The van der Waals surface area contributed by atoms with Crippen molar-refractivity contribution in [1.82, 2.24) is 14.4 Å². The Morgan fingerprint density at radius 2 is 2.00 bits per heavy atom. The molecule has 0 fully saturated rings. The second-order valence-corrected chi connectivity index (χ2v) is 6.67. The second kappa shape index (κ2) is 6.61. The third-order valence-corrected chi connectivity index (χ3v) is 5.21. The lowest BCUT2D eigenvalue weighted by Gasteiger charge is -2.03. The number of nitrogens with zero attached hydrogens (tertiary/aromatic N) is 3. The summed E-state index contributed by atoms with van der Waals surface area (Å²) in [6.07, 6.45) is 3.59. The van der Waals surface area contributed by atoms with E-state index < -0.39 is 0 Å². The molecule has 1 aromatic carbocycles. The van der Waals surface area contributed by atoms with Gasteiger partial charge in [-0.25, -0.2) is 9.97 Å². The van der Waals surface area contributed by atoms with Crippen molar-refractivity contribution in [2.45, 2.75) is 6.92 Å². The Morgan fingerprint density at radius 3 is 2.65 bits per heavy atom. The summed E-state index contributed by atoms with van der Waals surface area (Å²) in [7, 11) is 1.64. The third kappa shape index (κ3) is 2.93. The molecule has 0 atom stereocenters. The highest BCUT2D eigenvalue weighted by Gasteiger charge is 2.18. The number of aromatic nitrogens is 3. The molecule has 1 amide bonds. The molecule has 7 heteroatoms. The fourth-order valence-corrected chi connectivity index (χ4v) is 3.68. The molecule has 0 aliphatic rings. The van der Waals surface area contributed by atoms with Gasteiger partial charge < -0.3 is 10.1 Å². The number of methoxy groups -OCH3 is 1. The van der Waals surface area contributed by atoms with Crippen LogP contribution in [0.2, 0.25) is 0 Å². The van der Waals surface area contributed by atoms with E-state index in [4.69, 9.17) is 4.74 Å². The van der Waals surface area contributed by atoms with Crippen LogP contribution in [-0.2, 0) is 0 Å². The van der Waals surface area contributed by atoms with Gasteiger partial charge >= 0.3 is 0 Å². The van der Waals surface area contributed by atoms with E-state index >= 15 is 0 Å². The average Bonchev–Trinajstić information content (AvgIpc) is 3.22. The van der Waals surface area contributed by atoms with Crippen molar-refractivity contribution in [3.05, 3.63) is 65.4 Å². The number of ether oxygens (including phenoxy) is 1. The van der Waals surface area contributed by atoms with Gasteiger partial charge in [0.05, 0.1) is 12.8 Å². The van der Waals surface area contributed by atoms with E-state index in [1.54, 1.807) is 25.4 Å². The number of carbonyl (C=O) groups excluding carboxylic acids is 1. The molecule has 130 valence electrons. The number of rotatable bonds is 4. The summed E-state index contributed by atoms with van der Waals surface area (Å²) in [6.45, 7) is 1.91. The fraction of sp³-hybridized carbons (Fsp3) is 0.105. The van der Waals surface area contributed by atoms with Gasteiger partial charge in [0, 0.05) is 23.7 Å². The number of aryl methyl sites for hydroxylation is 1. The SMILES string of the molecule is COc1ccc(-c2cn3c(C)c(C(=O)Nc4ccccn4)sc3n2)cc1. The highest BCUT2D eigenvalue weighted by Crippen LogP contribution is 2.28. The topological polar surface area (TPSA) is 68.5 Å². The van der Waals surface area contributed by atoms with E-state index in [0.29, 0.717) is 10.7 Å². The quantitative estimate of drug-likeness (QED) is 0.594. The van der Waals surface area contributed by atoms with E-state index in [9.17, 15) is 4.79 Å². The highest BCUT2D eigenvalue weighted by atomic mass is 32.1. The Morgan fingerprint density at radius 1 is 1.19 bits per heavy atom. The van der Waals surface area contributed by atoms with Crippen molar-refractivity contribution in [2.24, 2.45) is 0 Å². The molecule has 26 heavy (non-hydrogen) atoms. The standard InChI is InChI=1S/C19H16N4O2S/c1-12-17(18(24)22-16-5-3-4-10-20-16)26-19-21-15(11-23(12)19)13-6-8-14(25-2)9-7-13/h3-11H,1-2H3,(H,20,22,24). The maximum Gasteiger partial charge on any atom is 0.268 e. The van der Waals surface area contributed by atoms with E-state index in [0.717, 1.165) is 27.7 Å². The number of hydrogen-bond acceptors (Lipinski definition) is 5. The molecule has 0 aliphatic heterocycles. The number of thiazole rings is 1. The Bertz CT molecular complexity index is 1070. The highest BCUT2D eigenvalue weighted by molar-refractivity contribution is 7.19. The van der Waals surface area contributed by atoms with Gasteiger partial charge in [-0.1, -0.05) is 17.4 Å². The van der Waals surface area contributed by atoms with Gasteiger partial charge in [-0.05, 0) is 43.3 Å². The molecular weight excluding hydrogens is 348 g/mol. The number of carbonyl (C=O) groups is 1. The van der Waals surface area contributed by atoms with Crippen molar-refractivity contribution in [3.8, 4) is 17.0 Å². The van der Waals surface area contributed by atoms with E-state index in [1.807, 2.05) is 47.9 Å². The van der Waals surface area contributed by atoms with Crippen molar-refractivity contribution in [2.75, 3.05) is 12.4 Å². The molecule has 0 bridgehead atoms. The Labute approximate surface area is 154 Å². The predicted molar refractivity (Wildman–Crippen MR) is 102 cm³/mol. The number of anilines is 1. The lowest BCUT2D eigenvalue weighted by molar-refractivity contribution is 0.102. The molecule has 3 aromatic heterocycles. The van der Waals surface area contributed by atoms with Crippen LogP contribution in [0.25, 0.3) is 16.2 Å². The predicted octanol–water partition coefficient (Wildman–Crippen LogP) is 4.03. The van der Waals surface area contributed by atoms with Crippen molar-refractivity contribution in [3.63, 3.8) is 0 Å². The van der Waals surface area contributed by atoms with Gasteiger partial charge in [-0.3, -0.25) is 9.20 Å². The fourth-order valence-electron chi connectivity index (χ4n) is 2.67. The lowest BCUT2D eigenvalue weighted by Crippen LogP contribution is -2.12. The molecule has 0 unspecified atom stereocenters. The van der Waals surface area contributed by atoms with Crippen molar-refractivity contribution < 1.29 is 9.53 Å². The Balaban J connectivity index is 1.63. The first-order valence-corrected chi connectivity index (χ1v) is 8.82. The number of pyridine rings is 1. The minimum Gasteiger partial charge on any atom is -0.497 e. The van der Waals surface area contributed by atoms with E-state index in [-0.39, 0.29) is 5.91 Å². The zero-order chi connectivity index (χ0) is 18.1. The maximum atomic E-state index is 12.5. The van der Waals surface area contributed by atoms with Gasteiger partial charge in [-0.15, -0.1) is 0 Å². The minimum atomic E-state index is -0.178. The Kier molecular flexibility index (Phi) is 4.14. The van der Waals surface area contributed by atoms with Crippen LogP contribution in [0.15, 0.2) is 54.9 Å². The van der Waals surface area contributed by atoms with Crippen LogP contribution in [-0.4, -0.2) is 27.4 Å². The van der Waals surface area contributed by atoms with Crippen LogP contribution in [0, 0.1) is 6.92 Å². The molecule has 0 saturated heterocycles. The number of imidazole rings is 1. The smallest absolute Gasteiger partial charge is 0.268 e. The second-order valence-electron chi connectivity index (χ2n) is 5.69. The van der Waals surface area contributed by atoms with Gasteiger partial charge in [0.1, 0.15) is 16.4 Å². The van der Waals surface area contributed by atoms with Crippen LogP contribution < -0.4 is 10.1 Å². The number of hydrogen-bond donors (Lipinski definition) is 1. The first kappa shape index (κ1) is 16.3. The molecule has 0 spiro atoms. The zero-order valence-corrected chi connectivity index (χ0v) is 15.1. The lowest BCUT2D eigenvalue weighted by atomic mass is 10.2. The van der Waals surface area contributed by atoms with Crippen LogP contribution in [0.5, 0.6) is 5.75 Å². The Hall–Kier alpha value is -3.19. The first-order valence-electron chi connectivity index (χ1n) is 8.01. The van der Waals surface area contributed by atoms with E-state index in [2.05, 4.69) is 15.3 Å². The molecule has 1 N–H and O–H groups in total. The summed E-state index contributed by atoms with van der Waals surface area (Å²) in [5.41, 5.74) is 2.71. The zero-order valence-electron chi connectivity index (χ0n) is 14.3. The molecule has 0 aliphatic carbocycles. The first-order chi connectivity index (χ1) is 12.7. The van der Waals surface area contributed by atoms with Crippen molar-refractivity contribution >= 4 is 28.0 Å². The normalized spacial score (nSPS) is 10.8. The van der Waals surface area contributed by atoms with Crippen LogP contribution in [0.1, 0.15) is 15.4 Å². The van der Waals surface area contributed by atoms with Crippen LogP contribution in [0.3, 0.4) is 0 Å². The molecule has 0 saturated carbocycles. The van der Waals surface area contributed by atoms with Gasteiger partial charge in [0.15, 0.2) is 4.96 Å². The summed E-state index contributed by atoms with van der Waals surface area (Å²) in [5, 5.41) is 2.81. The minimum absolute atomic E-state index is 0.178. The molecule has 3 heterocycles. The van der Waals surface area contributed by atoms with Gasteiger partial charge in [0.2, 0.25) is 0 Å². The van der Waals surface area contributed by atoms with Gasteiger partial charge in [-0.2, -0.15) is 0 Å². The largest absolute Gasteiger partial charge is 0.497 e. The monoisotopic (exact) mass is 364 g/mol. The number of fused-ring (bicyclic) bond motifs is 1. The van der Waals surface area contributed by atoms with Crippen LogP contribution in [0.4, 0.5) is 5.82 Å². The molecule has 4 aromatic rings. The average molecular weight is 364 g/mol. The number of benzene rings is 1. The summed E-state index contributed by atoms with van der Waals surface area (Å²) < 4.78 is 7.13. The summed E-state index contributed by atoms with van der Waals surface area (Å²) >= 11 is 1.36. The molecular formula is C19H16N4O2S. The molecule has 6 nitrogen and oxygen atoms in total. The third-order valence-electron chi connectivity index (χ3n) is 4.06. The summed E-state index contributed by atoms with van der Waals surface area (Å²) in [5.74, 6) is 1.16. The molecule has 0 radical (unpaired) electrons. The van der Waals surface area contributed by atoms with Crippen LogP contribution >= 0.6 is 11.3 Å². The molecule has 4 rings (SSSR count). The van der Waals surface area contributed by atoms with Crippen molar-refractivity contribution in [1.29, 1.82) is 0 Å². The van der Waals surface area contributed by atoms with Gasteiger partial charge in [0.25, 0.3) is 5.91 Å². The summed E-state index contributed by atoms with van der Waals surface area (Å²) in [6, 6.07) is 13.1.